The number of ether oxygens (including phenoxy) is 1. The van der Waals surface area contributed by atoms with Gasteiger partial charge in [0.15, 0.2) is 0 Å². The van der Waals surface area contributed by atoms with Crippen LogP contribution in [0.15, 0.2) is 36.7 Å². The number of hydrogen-bond acceptors (Lipinski definition) is 6. The molecule has 3 rings (SSSR count). The summed E-state index contributed by atoms with van der Waals surface area (Å²) < 4.78 is 5.07. The summed E-state index contributed by atoms with van der Waals surface area (Å²) in [6, 6.07) is 6.64. The lowest BCUT2D eigenvalue weighted by Gasteiger charge is -2.38. The molecule has 4 N–H and O–H groups in total. The van der Waals surface area contributed by atoms with Crippen LogP contribution in [0.1, 0.15) is 34.8 Å². The molecule has 2 aromatic heterocycles. The number of pyridine rings is 2. The molecule has 0 bridgehead atoms. The number of carbonyl (C=O) groups excluding carboxylic acids is 1. The van der Waals surface area contributed by atoms with E-state index in [1.165, 1.54) is 6.20 Å². The normalized spacial score (nSPS) is 20.8. The Kier molecular flexibility index (Phi) is 4.61. The summed E-state index contributed by atoms with van der Waals surface area (Å²) in [6.45, 7) is 0. The molecule has 1 saturated carbocycles. The Bertz CT molecular complexity index is 697. The number of aromatic nitrogens is 2. The average Bonchev–Trinajstić information content (AvgIpc) is 2.58. The summed E-state index contributed by atoms with van der Waals surface area (Å²) in [5, 5.41) is 12.6. The van der Waals surface area contributed by atoms with Gasteiger partial charge in [-0.3, -0.25) is 4.79 Å². The van der Waals surface area contributed by atoms with E-state index in [0.29, 0.717) is 30.1 Å². The van der Waals surface area contributed by atoms with Crippen molar-refractivity contribution in [2.24, 2.45) is 5.92 Å². The molecule has 1 aliphatic carbocycles. The van der Waals surface area contributed by atoms with Crippen LogP contribution >= 0.6 is 0 Å². The Morgan fingerprint density at radius 3 is 2.62 bits per heavy atom. The van der Waals surface area contributed by atoms with Crippen LogP contribution in [0.5, 0.6) is 5.88 Å². The number of nitrogen functional groups attached to an aromatic ring is 1. The van der Waals surface area contributed by atoms with E-state index < -0.39 is 0 Å². The second-order valence-electron chi connectivity index (χ2n) is 5.94. The van der Waals surface area contributed by atoms with Crippen LogP contribution in [0.3, 0.4) is 0 Å². The number of hydrogen-bond donors (Lipinski definition) is 3. The Hall–Kier alpha value is -2.67. The molecule has 126 valence electrons. The Labute approximate surface area is 139 Å². The first kappa shape index (κ1) is 16.2. The first-order valence-electron chi connectivity index (χ1n) is 7.77. The molecule has 0 saturated heterocycles. The molecule has 1 amide bonds. The van der Waals surface area contributed by atoms with Crippen LogP contribution in [0.25, 0.3) is 0 Å². The summed E-state index contributed by atoms with van der Waals surface area (Å²) in [5.74, 6) is 0.815. The van der Waals surface area contributed by atoms with E-state index in [4.69, 9.17) is 10.5 Å². The Morgan fingerprint density at radius 1 is 1.29 bits per heavy atom. The van der Waals surface area contributed by atoms with Gasteiger partial charge in [-0.2, -0.15) is 0 Å². The number of aliphatic hydroxyl groups excluding tert-OH is 1. The van der Waals surface area contributed by atoms with E-state index in [9.17, 15) is 9.90 Å². The van der Waals surface area contributed by atoms with Gasteiger partial charge < -0.3 is 20.9 Å². The number of methoxy groups -OCH3 is 1. The quantitative estimate of drug-likeness (QED) is 0.763. The smallest absolute Gasteiger partial charge is 0.253 e. The monoisotopic (exact) mass is 328 g/mol. The van der Waals surface area contributed by atoms with E-state index >= 15 is 0 Å². The van der Waals surface area contributed by atoms with Crippen LogP contribution in [0, 0.1) is 5.92 Å². The van der Waals surface area contributed by atoms with Crippen molar-refractivity contribution < 1.29 is 14.6 Å². The standard InChI is InChI=1S/C17H20N4O3/c1-24-15-5-3-10(8-20-15)16(12-6-13(22)7-12)21-17(23)11-2-4-14(18)19-9-11/h2-5,8-9,12-13,16,22H,6-7H2,1H3,(H2,18,19)(H,21,23)/t12?,13?,16-/m0/s1. The van der Waals surface area contributed by atoms with Gasteiger partial charge in [0, 0.05) is 18.5 Å². The summed E-state index contributed by atoms with van der Waals surface area (Å²) >= 11 is 0. The molecule has 2 aromatic rings. The van der Waals surface area contributed by atoms with Crippen molar-refractivity contribution in [1.29, 1.82) is 0 Å². The maximum Gasteiger partial charge on any atom is 0.253 e. The first-order chi connectivity index (χ1) is 11.6. The Balaban J connectivity index is 1.79. The summed E-state index contributed by atoms with van der Waals surface area (Å²) in [4.78, 5) is 20.6. The van der Waals surface area contributed by atoms with Gasteiger partial charge >= 0.3 is 0 Å². The summed E-state index contributed by atoms with van der Waals surface area (Å²) in [5.41, 5.74) is 6.87. The van der Waals surface area contributed by atoms with Crippen molar-refractivity contribution in [2.75, 3.05) is 12.8 Å². The van der Waals surface area contributed by atoms with Crippen LogP contribution in [-0.2, 0) is 0 Å². The highest BCUT2D eigenvalue weighted by Crippen LogP contribution is 2.38. The molecule has 0 aliphatic heterocycles. The molecule has 7 heteroatoms. The zero-order valence-electron chi connectivity index (χ0n) is 13.3. The van der Waals surface area contributed by atoms with Crippen molar-refractivity contribution in [1.82, 2.24) is 15.3 Å². The van der Waals surface area contributed by atoms with Gasteiger partial charge in [-0.1, -0.05) is 6.07 Å². The van der Waals surface area contributed by atoms with Crippen molar-refractivity contribution in [3.8, 4) is 5.88 Å². The number of carbonyl (C=O) groups is 1. The van der Waals surface area contributed by atoms with Gasteiger partial charge in [-0.15, -0.1) is 0 Å². The van der Waals surface area contributed by atoms with Crippen molar-refractivity contribution >= 4 is 11.7 Å². The maximum atomic E-state index is 12.5. The summed E-state index contributed by atoms with van der Waals surface area (Å²) in [6.07, 6.45) is 4.13. The van der Waals surface area contributed by atoms with Crippen molar-refractivity contribution in [3.63, 3.8) is 0 Å². The predicted octanol–water partition coefficient (Wildman–Crippen LogP) is 1.31. The predicted molar refractivity (Wildman–Crippen MR) is 88.4 cm³/mol. The lowest BCUT2D eigenvalue weighted by Crippen LogP contribution is -2.41. The highest BCUT2D eigenvalue weighted by Gasteiger charge is 2.36. The van der Waals surface area contributed by atoms with E-state index in [-0.39, 0.29) is 24.0 Å². The fourth-order valence-corrected chi connectivity index (χ4v) is 2.84. The SMILES string of the molecule is COc1ccc([C@H](NC(=O)c2ccc(N)nc2)C2CC(O)C2)cn1. The Morgan fingerprint density at radius 2 is 2.08 bits per heavy atom. The minimum absolute atomic E-state index is 0.167. The van der Waals surface area contributed by atoms with Gasteiger partial charge in [-0.25, -0.2) is 9.97 Å². The van der Waals surface area contributed by atoms with Gasteiger partial charge in [0.2, 0.25) is 5.88 Å². The number of aliphatic hydroxyl groups is 1. The molecule has 0 radical (unpaired) electrons. The maximum absolute atomic E-state index is 12.5. The van der Waals surface area contributed by atoms with Crippen LogP contribution in [0.4, 0.5) is 5.82 Å². The number of anilines is 1. The minimum atomic E-state index is -0.307. The molecule has 2 heterocycles. The van der Waals surface area contributed by atoms with E-state index in [2.05, 4.69) is 15.3 Å². The molecule has 1 fully saturated rings. The third-order valence-electron chi connectivity index (χ3n) is 4.28. The fraction of sp³-hybridized carbons (Fsp3) is 0.353. The third-order valence-corrected chi connectivity index (χ3v) is 4.28. The van der Waals surface area contributed by atoms with Crippen molar-refractivity contribution in [3.05, 3.63) is 47.8 Å². The minimum Gasteiger partial charge on any atom is -0.481 e. The molecule has 0 aromatic carbocycles. The second kappa shape index (κ2) is 6.84. The van der Waals surface area contributed by atoms with Crippen molar-refractivity contribution in [2.45, 2.75) is 25.0 Å². The first-order valence-corrected chi connectivity index (χ1v) is 7.77. The lowest BCUT2D eigenvalue weighted by atomic mass is 9.75. The van der Waals surface area contributed by atoms with Gasteiger partial charge in [0.1, 0.15) is 5.82 Å². The highest BCUT2D eigenvalue weighted by molar-refractivity contribution is 5.94. The molecular formula is C17H20N4O3. The average molecular weight is 328 g/mol. The molecule has 1 atom stereocenters. The molecule has 1 aliphatic rings. The molecule has 0 unspecified atom stereocenters. The topological polar surface area (TPSA) is 110 Å². The third kappa shape index (κ3) is 3.46. The van der Waals surface area contributed by atoms with Crippen LogP contribution in [-0.4, -0.2) is 34.2 Å². The van der Waals surface area contributed by atoms with Gasteiger partial charge in [0.05, 0.1) is 24.8 Å². The van der Waals surface area contributed by atoms with Crippen LogP contribution in [0.2, 0.25) is 0 Å². The van der Waals surface area contributed by atoms with Crippen LogP contribution < -0.4 is 15.8 Å². The summed E-state index contributed by atoms with van der Waals surface area (Å²) in [7, 11) is 1.55. The molecule has 24 heavy (non-hydrogen) atoms. The zero-order valence-corrected chi connectivity index (χ0v) is 13.3. The number of amides is 1. The van der Waals surface area contributed by atoms with E-state index in [1.807, 2.05) is 6.07 Å². The van der Waals surface area contributed by atoms with E-state index in [0.717, 1.165) is 5.56 Å². The fourth-order valence-electron chi connectivity index (χ4n) is 2.84. The number of nitrogens with zero attached hydrogens (tertiary/aromatic N) is 2. The van der Waals surface area contributed by atoms with Gasteiger partial charge in [-0.05, 0) is 36.5 Å². The molecule has 7 nitrogen and oxygen atoms in total. The zero-order chi connectivity index (χ0) is 17.1. The number of nitrogens with two attached hydrogens (primary N) is 1. The largest absolute Gasteiger partial charge is 0.481 e. The molecular weight excluding hydrogens is 308 g/mol. The van der Waals surface area contributed by atoms with Gasteiger partial charge in [0.25, 0.3) is 5.91 Å². The number of nitrogens with one attached hydrogen (secondary N) is 1. The van der Waals surface area contributed by atoms with E-state index in [1.54, 1.807) is 31.5 Å². The number of rotatable bonds is 5. The second-order valence-corrected chi connectivity index (χ2v) is 5.94. The highest BCUT2D eigenvalue weighted by atomic mass is 16.5. The molecule has 0 spiro atoms. The lowest BCUT2D eigenvalue weighted by molar-refractivity contribution is 0.0234.